The average Bonchev–Trinajstić information content (AvgIpc) is 2.27. The van der Waals surface area contributed by atoms with Gasteiger partial charge in [-0.15, -0.1) is 0 Å². The number of hydrogen-bond acceptors (Lipinski definition) is 3. The monoisotopic (exact) mass is 249 g/mol. The molecule has 0 radical (unpaired) electrons. The van der Waals surface area contributed by atoms with E-state index in [2.05, 4.69) is 5.32 Å². The number of nitrogen functional groups attached to an aromatic ring is 1. The van der Waals surface area contributed by atoms with Gasteiger partial charge in [0.05, 0.1) is 18.8 Å². The first-order chi connectivity index (χ1) is 8.46. The van der Waals surface area contributed by atoms with Crippen molar-refractivity contribution in [2.75, 3.05) is 30.7 Å². The van der Waals surface area contributed by atoms with Gasteiger partial charge in [-0.05, 0) is 32.0 Å². The maximum atomic E-state index is 12.1. The summed E-state index contributed by atoms with van der Waals surface area (Å²) in [6, 6.07) is 7.04. The van der Waals surface area contributed by atoms with Gasteiger partial charge in [0.2, 0.25) is 0 Å². The highest BCUT2D eigenvalue weighted by Gasteiger charge is 2.29. The molecule has 2 rings (SSSR count). The van der Waals surface area contributed by atoms with Gasteiger partial charge < -0.3 is 20.7 Å². The molecule has 98 valence electrons. The Hall–Kier alpha value is -1.75. The predicted molar refractivity (Wildman–Crippen MR) is 71.5 cm³/mol. The van der Waals surface area contributed by atoms with Crippen LogP contribution in [0.5, 0.6) is 0 Å². The molecular weight excluding hydrogens is 230 g/mol. The molecule has 1 fully saturated rings. The summed E-state index contributed by atoms with van der Waals surface area (Å²) >= 11 is 0. The zero-order valence-electron chi connectivity index (χ0n) is 10.8. The van der Waals surface area contributed by atoms with Gasteiger partial charge in [-0.1, -0.05) is 6.07 Å². The number of anilines is 2. The Morgan fingerprint density at radius 1 is 1.50 bits per heavy atom. The topological polar surface area (TPSA) is 67.6 Å². The highest BCUT2D eigenvalue weighted by atomic mass is 16.5. The van der Waals surface area contributed by atoms with Crippen molar-refractivity contribution in [2.24, 2.45) is 0 Å². The van der Waals surface area contributed by atoms with Crippen LogP contribution in [0.3, 0.4) is 0 Å². The van der Waals surface area contributed by atoms with Crippen molar-refractivity contribution in [1.29, 1.82) is 0 Å². The Bertz CT molecular complexity index is 446. The van der Waals surface area contributed by atoms with Crippen molar-refractivity contribution < 1.29 is 9.53 Å². The van der Waals surface area contributed by atoms with Crippen LogP contribution in [0.2, 0.25) is 0 Å². The Kier molecular flexibility index (Phi) is 3.43. The number of morpholine rings is 1. The molecule has 5 nitrogen and oxygen atoms in total. The van der Waals surface area contributed by atoms with Gasteiger partial charge in [-0.3, -0.25) is 0 Å². The quantitative estimate of drug-likeness (QED) is 0.747. The van der Waals surface area contributed by atoms with Crippen LogP contribution in [0.15, 0.2) is 24.3 Å². The van der Waals surface area contributed by atoms with E-state index in [-0.39, 0.29) is 11.6 Å². The summed E-state index contributed by atoms with van der Waals surface area (Å²) in [4.78, 5) is 13.8. The van der Waals surface area contributed by atoms with Crippen molar-refractivity contribution >= 4 is 17.4 Å². The zero-order valence-corrected chi connectivity index (χ0v) is 10.8. The molecule has 1 aliphatic rings. The van der Waals surface area contributed by atoms with E-state index in [4.69, 9.17) is 10.5 Å². The summed E-state index contributed by atoms with van der Waals surface area (Å²) in [5.41, 5.74) is 6.73. The molecule has 0 aromatic heterocycles. The second-order valence-electron chi connectivity index (χ2n) is 5.09. The molecule has 1 aromatic rings. The van der Waals surface area contributed by atoms with Gasteiger partial charge >= 0.3 is 6.03 Å². The number of carbonyl (C=O) groups is 1. The first-order valence-corrected chi connectivity index (χ1v) is 6.02. The molecule has 3 N–H and O–H groups in total. The van der Waals surface area contributed by atoms with Gasteiger partial charge in [0.15, 0.2) is 0 Å². The number of nitrogens with one attached hydrogen (secondary N) is 1. The number of amides is 2. The van der Waals surface area contributed by atoms with Gasteiger partial charge in [0.1, 0.15) is 0 Å². The molecule has 0 bridgehead atoms. The fourth-order valence-electron chi connectivity index (χ4n) is 2.01. The van der Waals surface area contributed by atoms with Crippen LogP contribution < -0.4 is 11.1 Å². The standard InChI is InChI=1S/C13H19N3O2/c1-13(2)9-16(6-7-18-13)12(17)15-11-5-3-4-10(14)8-11/h3-5,8H,6-7,9,14H2,1-2H3,(H,15,17). The van der Waals surface area contributed by atoms with Crippen LogP contribution in [0.4, 0.5) is 16.2 Å². The Morgan fingerprint density at radius 3 is 2.94 bits per heavy atom. The number of benzene rings is 1. The van der Waals surface area contributed by atoms with Crippen LogP contribution in [0, 0.1) is 0 Å². The van der Waals surface area contributed by atoms with E-state index in [0.29, 0.717) is 31.1 Å². The van der Waals surface area contributed by atoms with Gasteiger partial charge in [0, 0.05) is 17.9 Å². The predicted octanol–water partition coefficient (Wildman–Crippen LogP) is 1.91. The number of ether oxygens (including phenoxy) is 1. The van der Waals surface area contributed by atoms with Gasteiger partial charge in [-0.2, -0.15) is 0 Å². The van der Waals surface area contributed by atoms with Crippen molar-refractivity contribution in [3.63, 3.8) is 0 Å². The third kappa shape index (κ3) is 3.13. The number of urea groups is 1. The molecule has 0 aliphatic carbocycles. The molecule has 2 amide bonds. The van der Waals surface area contributed by atoms with Crippen LogP contribution in [0.25, 0.3) is 0 Å². The van der Waals surface area contributed by atoms with Crippen LogP contribution in [-0.2, 0) is 4.74 Å². The lowest BCUT2D eigenvalue weighted by Crippen LogP contribution is -2.51. The molecule has 18 heavy (non-hydrogen) atoms. The molecule has 1 aromatic carbocycles. The van der Waals surface area contributed by atoms with Crippen molar-refractivity contribution in [3.8, 4) is 0 Å². The maximum absolute atomic E-state index is 12.1. The number of nitrogens with zero attached hydrogens (tertiary/aromatic N) is 1. The molecule has 0 saturated carbocycles. The van der Waals surface area contributed by atoms with E-state index < -0.39 is 0 Å². The normalized spacial score (nSPS) is 18.4. The molecule has 1 saturated heterocycles. The Morgan fingerprint density at radius 2 is 2.28 bits per heavy atom. The third-order valence-corrected chi connectivity index (χ3v) is 2.85. The van der Waals surface area contributed by atoms with E-state index in [1.165, 1.54) is 0 Å². The number of nitrogens with two attached hydrogens (primary N) is 1. The number of rotatable bonds is 1. The summed E-state index contributed by atoms with van der Waals surface area (Å²) < 4.78 is 5.57. The fourth-order valence-corrected chi connectivity index (χ4v) is 2.01. The van der Waals surface area contributed by atoms with E-state index >= 15 is 0 Å². The lowest BCUT2D eigenvalue weighted by molar-refractivity contribution is -0.0720. The highest BCUT2D eigenvalue weighted by Crippen LogP contribution is 2.18. The van der Waals surface area contributed by atoms with Gasteiger partial charge in [0.25, 0.3) is 0 Å². The number of hydrogen-bond donors (Lipinski definition) is 2. The van der Waals surface area contributed by atoms with Gasteiger partial charge in [-0.25, -0.2) is 4.79 Å². The molecule has 5 heteroatoms. The van der Waals surface area contributed by atoms with Crippen molar-refractivity contribution in [3.05, 3.63) is 24.3 Å². The maximum Gasteiger partial charge on any atom is 0.322 e. The minimum Gasteiger partial charge on any atom is -0.399 e. The summed E-state index contributed by atoms with van der Waals surface area (Å²) in [5.74, 6) is 0. The minimum absolute atomic E-state index is 0.114. The summed E-state index contributed by atoms with van der Waals surface area (Å²) in [6.45, 7) is 5.72. The highest BCUT2D eigenvalue weighted by molar-refractivity contribution is 5.89. The van der Waals surface area contributed by atoms with Crippen LogP contribution in [-0.4, -0.2) is 36.2 Å². The molecule has 0 unspecified atom stereocenters. The molecular formula is C13H19N3O2. The average molecular weight is 249 g/mol. The largest absolute Gasteiger partial charge is 0.399 e. The second-order valence-corrected chi connectivity index (χ2v) is 5.09. The van der Waals surface area contributed by atoms with Crippen LogP contribution >= 0.6 is 0 Å². The van der Waals surface area contributed by atoms with E-state index in [0.717, 1.165) is 0 Å². The van der Waals surface area contributed by atoms with E-state index in [9.17, 15) is 4.79 Å². The lowest BCUT2D eigenvalue weighted by Gasteiger charge is -2.38. The summed E-state index contributed by atoms with van der Waals surface area (Å²) in [6.07, 6.45) is 0. The molecule has 1 aliphatic heterocycles. The Labute approximate surface area is 107 Å². The summed E-state index contributed by atoms with van der Waals surface area (Å²) in [5, 5.41) is 2.84. The number of carbonyl (C=O) groups excluding carboxylic acids is 1. The second kappa shape index (κ2) is 4.86. The zero-order chi connectivity index (χ0) is 13.2. The lowest BCUT2D eigenvalue weighted by atomic mass is 10.1. The SMILES string of the molecule is CC1(C)CN(C(=O)Nc2cccc(N)c2)CCO1. The minimum atomic E-state index is -0.286. The Balaban J connectivity index is 2.00. The van der Waals surface area contributed by atoms with Crippen LogP contribution in [0.1, 0.15) is 13.8 Å². The first kappa shape index (κ1) is 12.7. The molecule has 0 atom stereocenters. The smallest absolute Gasteiger partial charge is 0.322 e. The summed E-state index contributed by atoms with van der Waals surface area (Å²) in [7, 11) is 0. The van der Waals surface area contributed by atoms with E-state index in [1.54, 1.807) is 17.0 Å². The molecule has 1 heterocycles. The van der Waals surface area contributed by atoms with E-state index in [1.807, 2.05) is 26.0 Å². The van der Waals surface area contributed by atoms with Crippen molar-refractivity contribution in [2.45, 2.75) is 19.4 Å². The fraction of sp³-hybridized carbons (Fsp3) is 0.462. The molecule has 0 spiro atoms. The third-order valence-electron chi connectivity index (χ3n) is 2.85. The van der Waals surface area contributed by atoms with Crippen molar-refractivity contribution in [1.82, 2.24) is 4.90 Å². The first-order valence-electron chi connectivity index (χ1n) is 6.02.